The highest BCUT2D eigenvalue weighted by molar-refractivity contribution is 7.92. The Labute approximate surface area is 180 Å². The van der Waals surface area contributed by atoms with Gasteiger partial charge in [-0.1, -0.05) is 31.5 Å². The minimum absolute atomic E-state index is 0.268. The lowest BCUT2D eigenvalue weighted by Crippen LogP contribution is -2.41. The van der Waals surface area contributed by atoms with Gasteiger partial charge in [0.05, 0.1) is 25.1 Å². The van der Waals surface area contributed by atoms with E-state index in [0.29, 0.717) is 5.69 Å². The highest BCUT2D eigenvalue weighted by Crippen LogP contribution is 2.32. The molecule has 2 aromatic carbocycles. The van der Waals surface area contributed by atoms with E-state index in [1.807, 2.05) is 39.0 Å². The predicted molar refractivity (Wildman–Crippen MR) is 122 cm³/mol. The Bertz CT molecular complexity index is 999. The number of benzene rings is 2. The van der Waals surface area contributed by atoms with Crippen molar-refractivity contribution in [2.75, 3.05) is 24.2 Å². The van der Waals surface area contributed by atoms with Gasteiger partial charge in [-0.2, -0.15) is 0 Å². The zero-order valence-corrected chi connectivity index (χ0v) is 19.6. The summed E-state index contributed by atoms with van der Waals surface area (Å²) in [7, 11) is -1.96. The second-order valence-electron chi connectivity index (χ2n) is 8.00. The molecule has 0 radical (unpaired) electrons. The summed E-state index contributed by atoms with van der Waals surface area (Å²) in [6.45, 7) is 9.69. The largest absolute Gasteiger partial charge is 0.496 e. The predicted octanol–water partition coefficient (Wildman–Crippen LogP) is 4.08. The van der Waals surface area contributed by atoms with Crippen LogP contribution in [0.3, 0.4) is 0 Å². The lowest BCUT2D eigenvalue weighted by molar-refractivity contribution is -0.120. The quantitative estimate of drug-likeness (QED) is 0.682. The summed E-state index contributed by atoms with van der Waals surface area (Å²) in [5, 5.41) is 2.94. The van der Waals surface area contributed by atoms with Gasteiger partial charge in [-0.05, 0) is 67.6 Å². The van der Waals surface area contributed by atoms with Crippen LogP contribution in [-0.2, 0) is 14.8 Å². The molecule has 0 heterocycles. The Morgan fingerprint density at radius 1 is 1.07 bits per heavy atom. The zero-order valence-electron chi connectivity index (χ0n) is 18.8. The monoisotopic (exact) mass is 432 g/mol. The third-order valence-corrected chi connectivity index (χ3v) is 6.23. The zero-order chi connectivity index (χ0) is 22.6. The molecule has 0 aliphatic carbocycles. The summed E-state index contributed by atoms with van der Waals surface area (Å²) in [5.74, 6) is 0.728. The molecule has 0 bridgehead atoms. The lowest BCUT2D eigenvalue weighted by atomic mass is 9.93. The standard InChI is InChI=1S/C23H32N2O4S/c1-15(2)20-13-21(17(4)12-22(20)29-6)18(5)24-23(26)14-25(30(7,27)28)19-10-8-16(3)9-11-19/h8-13,15,18H,14H2,1-7H3,(H,24,26). The van der Waals surface area contributed by atoms with E-state index in [0.717, 1.165) is 38.6 Å². The van der Waals surface area contributed by atoms with Gasteiger partial charge in [0.25, 0.3) is 0 Å². The molecule has 0 spiro atoms. The SMILES string of the molecule is COc1cc(C)c(C(C)NC(=O)CN(c2ccc(C)cc2)S(C)(=O)=O)cc1C(C)C. The van der Waals surface area contributed by atoms with Gasteiger partial charge in [0.1, 0.15) is 12.3 Å². The van der Waals surface area contributed by atoms with Crippen molar-refractivity contribution in [1.29, 1.82) is 0 Å². The summed E-state index contributed by atoms with van der Waals surface area (Å²) in [6, 6.07) is 10.8. The molecular weight excluding hydrogens is 400 g/mol. The molecule has 7 heteroatoms. The Balaban J connectivity index is 2.24. The molecule has 30 heavy (non-hydrogen) atoms. The number of methoxy groups -OCH3 is 1. The van der Waals surface area contributed by atoms with Crippen molar-refractivity contribution in [3.63, 3.8) is 0 Å². The lowest BCUT2D eigenvalue weighted by Gasteiger charge is -2.24. The van der Waals surface area contributed by atoms with Crippen molar-refractivity contribution < 1.29 is 17.9 Å². The van der Waals surface area contributed by atoms with Crippen LogP contribution in [0, 0.1) is 13.8 Å². The van der Waals surface area contributed by atoms with Crippen LogP contribution in [0.25, 0.3) is 0 Å². The molecule has 1 atom stereocenters. The van der Waals surface area contributed by atoms with Crippen molar-refractivity contribution in [2.45, 2.75) is 46.6 Å². The van der Waals surface area contributed by atoms with Crippen LogP contribution < -0.4 is 14.4 Å². The number of anilines is 1. The molecule has 0 aliphatic heterocycles. The molecular formula is C23H32N2O4S. The van der Waals surface area contributed by atoms with Crippen molar-refractivity contribution in [3.8, 4) is 5.75 Å². The molecule has 1 amide bonds. The summed E-state index contributed by atoms with van der Waals surface area (Å²) >= 11 is 0. The van der Waals surface area contributed by atoms with E-state index in [2.05, 4.69) is 25.2 Å². The van der Waals surface area contributed by atoms with Gasteiger partial charge in [-0.25, -0.2) is 8.42 Å². The molecule has 2 rings (SSSR count). The average molecular weight is 433 g/mol. The van der Waals surface area contributed by atoms with Crippen LogP contribution in [0.4, 0.5) is 5.69 Å². The van der Waals surface area contributed by atoms with Gasteiger partial charge in [0, 0.05) is 0 Å². The number of amides is 1. The van der Waals surface area contributed by atoms with Crippen LogP contribution in [0.1, 0.15) is 55.0 Å². The van der Waals surface area contributed by atoms with E-state index in [1.54, 1.807) is 19.2 Å². The van der Waals surface area contributed by atoms with Crippen LogP contribution in [0.15, 0.2) is 36.4 Å². The minimum atomic E-state index is -3.61. The normalized spacial score (nSPS) is 12.5. The Hall–Kier alpha value is -2.54. The number of rotatable bonds is 8. The summed E-state index contributed by atoms with van der Waals surface area (Å²) < 4.78 is 31.2. The molecule has 164 valence electrons. The maximum atomic E-state index is 12.7. The van der Waals surface area contributed by atoms with Gasteiger partial charge in [0.2, 0.25) is 15.9 Å². The van der Waals surface area contributed by atoms with E-state index in [4.69, 9.17) is 4.74 Å². The fraction of sp³-hybridized carbons (Fsp3) is 0.435. The number of carbonyl (C=O) groups is 1. The number of hydrogen-bond donors (Lipinski definition) is 1. The number of sulfonamides is 1. The molecule has 6 nitrogen and oxygen atoms in total. The van der Waals surface area contributed by atoms with Gasteiger partial charge < -0.3 is 10.1 Å². The van der Waals surface area contributed by atoms with Gasteiger partial charge >= 0.3 is 0 Å². The first-order valence-corrected chi connectivity index (χ1v) is 11.8. The Morgan fingerprint density at radius 3 is 2.17 bits per heavy atom. The summed E-state index contributed by atoms with van der Waals surface area (Å²) in [6.07, 6.45) is 1.10. The van der Waals surface area contributed by atoms with E-state index in [9.17, 15) is 13.2 Å². The molecule has 0 aromatic heterocycles. The van der Waals surface area contributed by atoms with Crippen LogP contribution >= 0.6 is 0 Å². The minimum Gasteiger partial charge on any atom is -0.496 e. The van der Waals surface area contributed by atoms with Crippen LogP contribution in [0.5, 0.6) is 5.75 Å². The first-order valence-electron chi connectivity index (χ1n) is 9.96. The topological polar surface area (TPSA) is 75.7 Å². The first kappa shape index (κ1) is 23.7. The fourth-order valence-corrected chi connectivity index (χ4v) is 4.27. The average Bonchev–Trinajstić information content (AvgIpc) is 2.65. The molecule has 0 saturated heterocycles. The third-order valence-electron chi connectivity index (χ3n) is 5.09. The van der Waals surface area contributed by atoms with Crippen molar-refractivity contribution in [1.82, 2.24) is 5.32 Å². The van der Waals surface area contributed by atoms with Crippen molar-refractivity contribution >= 4 is 21.6 Å². The first-order chi connectivity index (χ1) is 13.9. The third kappa shape index (κ3) is 5.75. The smallest absolute Gasteiger partial charge is 0.241 e. The van der Waals surface area contributed by atoms with Gasteiger partial charge in [-0.3, -0.25) is 9.10 Å². The molecule has 0 saturated carbocycles. The molecule has 1 N–H and O–H groups in total. The number of ether oxygens (including phenoxy) is 1. The number of aryl methyl sites for hydroxylation is 2. The molecule has 0 fully saturated rings. The molecule has 0 aliphatic rings. The fourth-order valence-electron chi connectivity index (χ4n) is 3.42. The maximum absolute atomic E-state index is 12.7. The van der Waals surface area contributed by atoms with E-state index >= 15 is 0 Å². The second kappa shape index (κ2) is 9.51. The Morgan fingerprint density at radius 2 is 1.67 bits per heavy atom. The van der Waals surface area contributed by atoms with Crippen LogP contribution in [0.2, 0.25) is 0 Å². The van der Waals surface area contributed by atoms with Gasteiger partial charge in [0.15, 0.2) is 0 Å². The van der Waals surface area contributed by atoms with E-state index in [1.165, 1.54) is 0 Å². The number of carbonyl (C=O) groups excluding carboxylic acids is 1. The molecule has 1 unspecified atom stereocenters. The van der Waals surface area contributed by atoms with Crippen LogP contribution in [-0.4, -0.2) is 34.2 Å². The summed E-state index contributed by atoms with van der Waals surface area (Å²) in [4.78, 5) is 12.7. The second-order valence-corrected chi connectivity index (χ2v) is 9.91. The number of nitrogens with one attached hydrogen (secondary N) is 1. The molecule has 2 aromatic rings. The number of hydrogen-bond acceptors (Lipinski definition) is 4. The van der Waals surface area contributed by atoms with Gasteiger partial charge in [-0.15, -0.1) is 0 Å². The summed E-state index contributed by atoms with van der Waals surface area (Å²) in [5.41, 5.74) is 4.53. The Kier molecular flexibility index (Phi) is 7.53. The number of nitrogens with zero attached hydrogens (tertiary/aromatic N) is 1. The maximum Gasteiger partial charge on any atom is 0.241 e. The highest BCUT2D eigenvalue weighted by atomic mass is 32.2. The van der Waals surface area contributed by atoms with E-state index in [-0.39, 0.29) is 24.4 Å². The van der Waals surface area contributed by atoms with Crippen molar-refractivity contribution in [2.24, 2.45) is 0 Å². The highest BCUT2D eigenvalue weighted by Gasteiger charge is 2.23. The van der Waals surface area contributed by atoms with E-state index < -0.39 is 10.0 Å². The van der Waals surface area contributed by atoms with Crippen molar-refractivity contribution in [3.05, 3.63) is 58.7 Å².